The van der Waals surface area contributed by atoms with Gasteiger partial charge in [-0.2, -0.15) is 0 Å². The fourth-order valence-electron chi connectivity index (χ4n) is 6.51. The van der Waals surface area contributed by atoms with E-state index in [4.69, 9.17) is 14.8 Å². The highest BCUT2D eigenvalue weighted by atomic mass is 16.5. The van der Waals surface area contributed by atoms with E-state index in [2.05, 4.69) is 18.7 Å². The van der Waals surface area contributed by atoms with Crippen LogP contribution < -0.4 is 0 Å². The first-order valence-corrected chi connectivity index (χ1v) is 19.7. The Bertz CT molecular complexity index is 726. The van der Waals surface area contributed by atoms with Gasteiger partial charge in [0.05, 0.1) is 19.0 Å². The Morgan fingerprint density at radius 2 is 1.09 bits per heavy atom. The van der Waals surface area contributed by atoms with Gasteiger partial charge in [0.25, 0.3) is 0 Å². The summed E-state index contributed by atoms with van der Waals surface area (Å²) in [6.07, 6.45) is 35.8. The lowest BCUT2D eigenvalue weighted by molar-refractivity contribution is -0.144. The highest BCUT2D eigenvalue weighted by Gasteiger charge is 2.22. The molecule has 45 heavy (non-hydrogen) atoms. The van der Waals surface area contributed by atoms with Crippen LogP contribution in [0.15, 0.2) is 4.99 Å². The molecule has 1 aliphatic heterocycles. The van der Waals surface area contributed by atoms with Gasteiger partial charge in [0.2, 0.25) is 0 Å². The van der Waals surface area contributed by atoms with Crippen LogP contribution in [0.1, 0.15) is 206 Å². The van der Waals surface area contributed by atoms with Gasteiger partial charge in [-0.3, -0.25) is 14.6 Å². The van der Waals surface area contributed by atoms with E-state index in [-0.39, 0.29) is 5.97 Å². The Morgan fingerprint density at radius 3 is 1.62 bits per heavy atom. The molecule has 0 saturated carbocycles. The summed E-state index contributed by atoms with van der Waals surface area (Å²) in [5.74, 6) is 0.710. The minimum absolute atomic E-state index is 0.00410. The summed E-state index contributed by atoms with van der Waals surface area (Å²) in [5.41, 5.74) is 0. The van der Waals surface area contributed by atoms with Crippen molar-refractivity contribution in [2.75, 3.05) is 19.7 Å². The zero-order chi connectivity index (χ0) is 32.6. The van der Waals surface area contributed by atoms with Gasteiger partial charge in [-0.15, -0.1) is 0 Å². The number of nitrogens with zero attached hydrogens (tertiary/aromatic N) is 2. The van der Waals surface area contributed by atoms with Gasteiger partial charge in [-0.25, -0.2) is 0 Å². The summed E-state index contributed by atoms with van der Waals surface area (Å²) >= 11 is 0. The molecular weight excluding hydrogens is 560 g/mol. The van der Waals surface area contributed by atoms with Crippen LogP contribution in [0.25, 0.3) is 0 Å². The minimum Gasteiger partial charge on any atom is -0.481 e. The summed E-state index contributed by atoms with van der Waals surface area (Å²) in [6.45, 7) is 7.34. The quantitative estimate of drug-likeness (QED) is 0.0563. The monoisotopic (exact) mass is 635 g/mol. The van der Waals surface area contributed by atoms with Crippen LogP contribution in [0, 0.1) is 0 Å². The van der Waals surface area contributed by atoms with E-state index >= 15 is 0 Å². The number of unbranched alkanes of at least 4 members (excludes halogenated alkanes) is 24. The molecule has 1 N–H and O–H groups in total. The molecule has 0 aromatic heterocycles. The van der Waals surface area contributed by atoms with Crippen LogP contribution in [0.2, 0.25) is 0 Å². The molecule has 6 heteroatoms. The van der Waals surface area contributed by atoms with Crippen molar-refractivity contribution in [3.8, 4) is 0 Å². The van der Waals surface area contributed by atoms with Gasteiger partial charge < -0.3 is 14.7 Å². The third kappa shape index (κ3) is 26.2. The lowest BCUT2D eigenvalue weighted by atomic mass is 10.0. The molecule has 0 amide bonds. The number of ether oxygens (including phenoxy) is 1. The number of hydrogen-bond donors (Lipinski definition) is 1. The zero-order valence-corrected chi connectivity index (χ0v) is 30.0. The van der Waals surface area contributed by atoms with Crippen LogP contribution in [0.3, 0.4) is 0 Å². The van der Waals surface area contributed by atoms with Crippen molar-refractivity contribution in [1.82, 2.24) is 4.90 Å². The van der Waals surface area contributed by atoms with Crippen LogP contribution >= 0.6 is 0 Å². The topological polar surface area (TPSA) is 79.2 Å². The number of hydrogen-bond acceptors (Lipinski definition) is 5. The van der Waals surface area contributed by atoms with Gasteiger partial charge >= 0.3 is 11.9 Å². The molecule has 0 fully saturated rings. The van der Waals surface area contributed by atoms with Gasteiger partial charge in [-0.1, -0.05) is 148 Å². The molecule has 264 valence electrons. The fourth-order valence-corrected chi connectivity index (χ4v) is 6.51. The lowest BCUT2D eigenvalue weighted by Gasteiger charge is -2.25. The second-order valence-corrected chi connectivity index (χ2v) is 13.9. The van der Waals surface area contributed by atoms with E-state index in [0.717, 1.165) is 45.1 Å². The van der Waals surface area contributed by atoms with Crippen molar-refractivity contribution in [1.29, 1.82) is 0 Å². The molecule has 1 unspecified atom stereocenters. The molecule has 0 saturated heterocycles. The minimum atomic E-state index is -0.664. The van der Waals surface area contributed by atoms with E-state index in [1.807, 2.05) is 0 Å². The first-order valence-electron chi connectivity index (χ1n) is 19.7. The molecule has 1 rings (SSSR count). The lowest BCUT2D eigenvalue weighted by Crippen LogP contribution is -2.35. The van der Waals surface area contributed by atoms with E-state index in [1.165, 1.54) is 154 Å². The summed E-state index contributed by atoms with van der Waals surface area (Å²) in [6, 6.07) is 0.575. The average molecular weight is 635 g/mol. The first kappa shape index (κ1) is 41.4. The Hall–Kier alpha value is -1.59. The van der Waals surface area contributed by atoms with Crippen molar-refractivity contribution in [3.63, 3.8) is 0 Å². The average Bonchev–Trinajstić information content (AvgIpc) is 3.37. The number of carboxylic acid groups (broad SMARTS) is 1. The van der Waals surface area contributed by atoms with Crippen molar-refractivity contribution >= 4 is 17.8 Å². The summed E-state index contributed by atoms with van der Waals surface area (Å²) in [7, 11) is 0. The Morgan fingerprint density at radius 1 is 0.644 bits per heavy atom. The number of carboxylic acids is 1. The van der Waals surface area contributed by atoms with E-state index in [9.17, 15) is 9.59 Å². The normalized spacial score (nSPS) is 14.7. The molecule has 1 aliphatic rings. The van der Waals surface area contributed by atoms with E-state index in [1.54, 1.807) is 0 Å². The van der Waals surface area contributed by atoms with Crippen molar-refractivity contribution in [2.45, 2.75) is 213 Å². The van der Waals surface area contributed by atoms with Gasteiger partial charge in [0.15, 0.2) is 0 Å². The highest BCUT2D eigenvalue weighted by Crippen LogP contribution is 2.19. The summed E-state index contributed by atoms with van der Waals surface area (Å²) < 4.78 is 5.38. The van der Waals surface area contributed by atoms with E-state index < -0.39 is 5.97 Å². The molecule has 1 heterocycles. The predicted molar refractivity (Wildman–Crippen MR) is 191 cm³/mol. The van der Waals surface area contributed by atoms with Gasteiger partial charge in [0.1, 0.15) is 0 Å². The number of carbonyl (C=O) groups is 2. The van der Waals surface area contributed by atoms with Crippen molar-refractivity contribution in [2.24, 2.45) is 4.99 Å². The fraction of sp³-hybridized carbons (Fsp3) is 0.923. The number of aliphatic imine (C=N–C) groups is 1. The number of carbonyl (C=O) groups excluding carboxylic acids is 1. The second kappa shape index (κ2) is 31.0. The third-order valence-electron chi connectivity index (χ3n) is 9.48. The molecule has 0 radical (unpaired) electrons. The molecule has 0 aliphatic carbocycles. The van der Waals surface area contributed by atoms with Crippen LogP contribution in [-0.2, 0) is 14.3 Å². The van der Waals surface area contributed by atoms with Crippen LogP contribution in [0.4, 0.5) is 0 Å². The first-order chi connectivity index (χ1) is 22.0. The maximum Gasteiger partial charge on any atom is 0.305 e. The maximum absolute atomic E-state index is 11.9. The number of amidine groups is 1. The zero-order valence-electron chi connectivity index (χ0n) is 30.0. The molecular formula is C39H74N2O4. The van der Waals surface area contributed by atoms with Crippen LogP contribution in [-0.4, -0.2) is 53.5 Å². The Labute approximate surface area is 278 Å². The van der Waals surface area contributed by atoms with Crippen LogP contribution in [0.5, 0.6) is 0 Å². The van der Waals surface area contributed by atoms with E-state index in [0.29, 0.717) is 25.5 Å². The largest absolute Gasteiger partial charge is 0.481 e. The predicted octanol–water partition coefficient (Wildman–Crippen LogP) is 11.4. The smallest absolute Gasteiger partial charge is 0.305 e. The van der Waals surface area contributed by atoms with Crippen molar-refractivity contribution in [3.05, 3.63) is 0 Å². The molecule has 6 nitrogen and oxygen atoms in total. The standard InChI is InChI=1S/C39H74N2O4/c1-3-4-5-6-24-29-34-45-39(44)32-27-22-18-14-8-7-11-15-19-23-28-33-41-36(2)35-40-37(41)30-25-20-16-12-9-10-13-17-21-26-31-38(42)43/h36H,3-35H2,1-2H3,(H,42,43). The SMILES string of the molecule is CCCCCCCCOC(=O)CCCCCCCCCCCCCN1C(CCCCCCCCCCCCC(=O)O)=NCC1C. The molecule has 0 bridgehead atoms. The molecule has 1 atom stereocenters. The molecule has 0 aromatic rings. The third-order valence-corrected chi connectivity index (χ3v) is 9.48. The van der Waals surface area contributed by atoms with Gasteiger partial charge in [0, 0.05) is 31.8 Å². The number of esters is 1. The number of rotatable bonds is 34. The second-order valence-electron chi connectivity index (χ2n) is 13.9. The van der Waals surface area contributed by atoms with Crippen molar-refractivity contribution < 1.29 is 19.4 Å². The number of aliphatic carboxylic acids is 1. The summed E-state index contributed by atoms with van der Waals surface area (Å²) in [5, 5.41) is 8.68. The Balaban J connectivity index is 1.86. The maximum atomic E-state index is 11.9. The summed E-state index contributed by atoms with van der Waals surface area (Å²) in [4.78, 5) is 29.9. The highest BCUT2D eigenvalue weighted by molar-refractivity contribution is 5.84. The van der Waals surface area contributed by atoms with Gasteiger partial charge in [-0.05, 0) is 39.0 Å². The molecule has 0 spiro atoms. The molecule has 0 aromatic carbocycles. The Kier molecular flexibility index (Phi) is 28.6.